The first kappa shape index (κ1) is 22.2. The summed E-state index contributed by atoms with van der Waals surface area (Å²) in [5, 5.41) is 0. The molecular formula is C22H21F4N3O3. The van der Waals surface area contributed by atoms with Crippen molar-refractivity contribution < 1.29 is 31.8 Å². The number of rotatable bonds is 6. The zero-order chi connectivity index (χ0) is 22.9. The van der Waals surface area contributed by atoms with Crippen LogP contribution in [0.2, 0.25) is 0 Å². The molecule has 2 aromatic carbocycles. The van der Waals surface area contributed by atoms with Gasteiger partial charge in [0, 0.05) is 19.6 Å². The van der Waals surface area contributed by atoms with Crippen molar-refractivity contribution in [1.82, 2.24) is 14.9 Å². The predicted octanol–water partition coefficient (Wildman–Crippen LogP) is 4.11. The van der Waals surface area contributed by atoms with Crippen molar-refractivity contribution in [1.29, 1.82) is 0 Å². The van der Waals surface area contributed by atoms with E-state index in [1.807, 2.05) is 0 Å². The molecule has 0 aliphatic carbocycles. The number of nitrogens with zero attached hydrogens (tertiary/aromatic N) is 2. The van der Waals surface area contributed by atoms with E-state index in [9.17, 15) is 22.4 Å². The van der Waals surface area contributed by atoms with E-state index in [-0.39, 0.29) is 13.2 Å². The van der Waals surface area contributed by atoms with Gasteiger partial charge in [-0.2, -0.15) is 13.2 Å². The zero-order valence-electron chi connectivity index (χ0n) is 17.2. The highest BCUT2D eigenvalue weighted by Gasteiger charge is 2.34. The molecule has 6 nitrogen and oxygen atoms in total. The van der Waals surface area contributed by atoms with Gasteiger partial charge in [0.15, 0.2) is 0 Å². The lowest BCUT2D eigenvalue weighted by atomic mass is 10.1. The third-order valence-electron chi connectivity index (χ3n) is 5.35. The van der Waals surface area contributed by atoms with Crippen LogP contribution in [0.3, 0.4) is 0 Å². The third-order valence-corrected chi connectivity index (χ3v) is 5.35. The fourth-order valence-electron chi connectivity index (χ4n) is 3.71. The molecule has 4 rings (SSSR count). The van der Waals surface area contributed by atoms with Crippen molar-refractivity contribution in [2.45, 2.75) is 31.6 Å². The Morgan fingerprint density at radius 3 is 2.62 bits per heavy atom. The maximum absolute atomic E-state index is 14.5. The van der Waals surface area contributed by atoms with Crippen LogP contribution in [-0.2, 0) is 28.8 Å². The molecule has 0 bridgehead atoms. The molecule has 2 heterocycles. The first-order valence-electron chi connectivity index (χ1n) is 9.94. The lowest BCUT2D eigenvalue weighted by Gasteiger charge is -2.16. The summed E-state index contributed by atoms with van der Waals surface area (Å²) in [6, 6.07) is 9.77. The second kappa shape index (κ2) is 8.87. The van der Waals surface area contributed by atoms with Gasteiger partial charge < -0.3 is 14.5 Å². The van der Waals surface area contributed by atoms with Crippen LogP contribution in [0, 0.1) is 0 Å². The Morgan fingerprint density at radius 1 is 1.19 bits per heavy atom. The summed E-state index contributed by atoms with van der Waals surface area (Å²) in [5.41, 5.74) is 1.62. The van der Waals surface area contributed by atoms with E-state index in [0.29, 0.717) is 41.1 Å². The second-order valence-electron chi connectivity index (χ2n) is 7.66. The summed E-state index contributed by atoms with van der Waals surface area (Å²) in [6.07, 6.45) is -6.28. The summed E-state index contributed by atoms with van der Waals surface area (Å²) < 4.78 is 62.9. The molecule has 1 N–H and O–H groups in total. The fraction of sp³-hybridized carbons (Fsp3) is 0.364. The molecule has 0 radical (unpaired) electrons. The molecule has 1 aromatic heterocycles. The van der Waals surface area contributed by atoms with Crippen LogP contribution < -0.4 is 0 Å². The van der Waals surface area contributed by atoms with E-state index < -0.39 is 30.0 Å². The molecule has 170 valence electrons. The number of hydrogen-bond donors (Lipinski definition) is 1. The number of esters is 1. The van der Waals surface area contributed by atoms with Crippen molar-refractivity contribution in [3.05, 3.63) is 65.0 Å². The molecular weight excluding hydrogens is 430 g/mol. The van der Waals surface area contributed by atoms with Crippen LogP contribution in [0.25, 0.3) is 11.0 Å². The zero-order valence-corrected chi connectivity index (χ0v) is 17.2. The molecule has 3 aromatic rings. The van der Waals surface area contributed by atoms with Crippen LogP contribution in [0.1, 0.15) is 27.3 Å². The highest BCUT2D eigenvalue weighted by molar-refractivity contribution is 5.93. The number of halogens is 4. The Morgan fingerprint density at radius 2 is 1.94 bits per heavy atom. The van der Waals surface area contributed by atoms with Gasteiger partial charge in [-0.1, -0.05) is 12.1 Å². The van der Waals surface area contributed by atoms with E-state index in [4.69, 9.17) is 9.47 Å². The van der Waals surface area contributed by atoms with Crippen molar-refractivity contribution >= 4 is 17.0 Å². The van der Waals surface area contributed by atoms with Gasteiger partial charge in [0.2, 0.25) is 0 Å². The minimum atomic E-state index is -4.38. The van der Waals surface area contributed by atoms with Gasteiger partial charge in [0.25, 0.3) is 0 Å². The number of nitrogens with one attached hydrogen (secondary N) is 1. The van der Waals surface area contributed by atoms with Crippen molar-refractivity contribution in [3.63, 3.8) is 0 Å². The average Bonchev–Trinajstić information content (AvgIpc) is 3.33. The number of alkyl halides is 4. The molecule has 1 saturated heterocycles. The third kappa shape index (κ3) is 4.91. The van der Waals surface area contributed by atoms with Crippen LogP contribution in [-0.4, -0.2) is 53.3 Å². The van der Waals surface area contributed by atoms with Gasteiger partial charge in [-0.25, -0.2) is 14.2 Å². The molecule has 2 atom stereocenters. The quantitative estimate of drug-likeness (QED) is 0.451. The minimum Gasteiger partial charge on any atom is -0.465 e. The molecule has 1 aliphatic heterocycles. The van der Waals surface area contributed by atoms with Crippen molar-refractivity contribution in [3.8, 4) is 0 Å². The fourth-order valence-corrected chi connectivity index (χ4v) is 3.71. The summed E-state index contributed by atoms with van der Waals surface area (Å²) in [6.45, 7) is 0.837. The largest absolute Gasteiger partial charge is 0.465 e. The normalized spacial score (nSPS) is 19.5. The van der Waals surface area contributed by atoms with Crippen molar-refractivity contribution in [2.75, 3.05) is 20.2 Å². The number of methoxy groups -OCH3 is 1. The number of aromatic amines is 1. The number of ether oxygens (including phenoxy) is 2. The minimum absolute atomic E-state index is 0.0570. The summed E-state index contributed by atoms with van der Waals surface area (Å²) >= 11 is 0. The van der Waals surface area contributed by atoms with Gasteiger partial charge in [-0.3, -0.25) is 4.90 Å². The first-order chi connectivity index (χ1) is 15.2. The average molecular weight is 451 g/mol. The summed E-state index contributed by atoms with van der Waals surface area (Å²) in [7, 11) is 1.30. The number of aromatic nitrogens is 2. The van der Waals surface area contributed by atoms with Gasteiger partial charge in [0.05, 0.1) is 29.3 Å². The summed E-state index contributed by atoms with van der Waals surface area (Å²) in [4.78, 5) is 20.9. The van der Waals surface area contributed by atoms with Gasteiger partial charge in [0.1, 0.15) is 24.7 Å². The van der Waals surface area contributed by atoms with Crippen LogP contribution >= 0.6 is 0 Å². The Hall–Kier alpha value is -2.98. The Balaban J connectivity index is 1.34. The number of carbonyl (C=O) groups excluding carboxylic acids is 1. The SMILES string of the molecule is COC(=O)c1ccc2nc(CO[C@H]3CN(Cc4ccc(C(F)(F)F)cc4)C[C@H]3F)[nH]c2c1. The topological polar surface area (TPSA) is 67.5 Å². The molecule has 1 fully saturated rings. The number of H-pyrrole nitrogens is 1. The molecule has 1 aliphatic rings. The smallest absolute Gasteiger partial charge is 0.416 e. The van der Waals surface area contributed by atoms with Crippen LogP contribution in [0.5, 0.6) is 0 Å². The van der Waals surface area contributed by atoms with E-state index in [1.165, 1.54) is 19.2 Å². The van der Waals surface area contributed by atoms with Gasteiger partial charge in [-0.05, 0) is 35.9 Å². The Bertz CT molecular complexity index is 1100. The highest BCUT2D eigenvalue weighted by Crippen LogP contribution is 2.29. The molecule has 32 heavy (non-hydrogen) atoms. The van der Waals surface area contributed by atoms with Gasteiger partial charge in [-0.15, -0.1) is 0 Å². The maximum Gasteiger partial charge on any atom is 0.416 e. The maximum atomic E-state index is 14.5. The summed E-state index contributed by atoms with van der Waals surface area (Å²) in [5.74, 6) is 0.0362. The van der Waals surface area contributed by atoms with E-state index in [0.717, 1.165) is 12.1 Å². The Kier molecular flexibility index (Phi) is 6.16. The monoisotopic (exact) mass is 451 g/mol. The van der Waals surface area contributed by atoms with Gasteiger partial charge >= 0.3 is 12.1 Å². The Labute approximate surface area is 181 Å². The second-order valence-corrected chi connectivity index (χ2v) is 7.66. The number of hydrogen-bond acceptors (Lipinski definition) is 5. The highest BCUT2D eigenvalue weighted by atomic mass is 19.4. The number of fused-ring (bicyclic) bond motifs is 1. The van der Waals surface area contributed by atoms with Crippen molar-refractivity contribution in [2.24, 2.45) is 0 Å². The molecule has 0 amide bonds. The standard InChI is InChI=1S/C22H21F4N3O3/c1-31-21(30)14-4-7-17-18(8-14)28-20(27-17)12-32-19-11-29(10-16(19)23)9-13-2-5-15(6-3-13)22(24,25)26/h2-8,16,19H,9-12H2,1H3,(H,27,28)/t16-,19+/m1/s1. The van der Waals surface area contributed by atoms with Crippen LogP contribution in [0.15, 0.2) is 42.5 Å². The molecule has 0 spiro atoms. The van der Waals surface area contributed by atoms with E-state index in [1.54, 1.807) is 23.1 Å². The lowest BCUT2D eigenvalue weighted by Crippen LogP contribution is -2.24. The van der Waals surface area contributed by atoms with E-state index >= 15 is 0 Å². The number of likely N-dealkylation sites (tertiary alicyclic amines) is 1. The number of benzene rings is 2. The number of carbonyl (C=O) groups is 1. The van der Waals surface area contributed by atoms with Crippen LogP contribution in [0.4, 0.5) is 17.6 Å². The predicted molar refractivity (Wildman–Crippen MR) is 108 cm³/mol. The van der Waals surface area contributed by atoms with E-state index in [2.05, 4.69) is 9.97 Å². The molecule has 0 unspecified atom stereocenters. The number of imidazole rings is 1. The first-order valence-corrected chi connectivity index (χ1v) is 9.94. The molecule has 10 heteroatoms. The molecule has 0 saturated carbocycles. The lowest BCUT2D eigenvalue weighted by molar-refractivity contribution is -0.137.